The minimum absolute atomic E-state index is 0.0510. The van der Waals surface area contributed by atoms with Crippen LogP contribution in [0.3, 0.4) is 0 Å². The zero-order valence-electron chi connectivity index (χ0n) is 10.7. The van der Waals surface area contributed by atoms with Crippen LogP contribution in [-0.2, 0) is 4.79 Å². The largest absolute Gasteiger partial charge is 0.339 e. The molecule has 1 fully saturated rings. The van der Waals surface area contributed by atoms with Crippen molar-refractivity contribution in [2.24, 2.45) is 0 Å². The van der Waals surface area contributed by atoms with Gasteiger partial charge in [-0.3, -0.25) is 9.69 Å². The maximum atomic E-state index is 12.1. The molecule has 4 heteroatoms. The van der Waals surface area contributed by atoms with Crippen molar-refractivity contribution in [3.05, 3.63) is 0 Å². The Labute approximate surface area is 97.8 Å². The van der Waals surface area contributed by atoms with Gasteiger partial charge in [0.25, 0.3) is 0 Å². The van der Waals surface area contributed by atoms with Crippen LogP contribution in [0.2, 0.25) is 0 Å². The molecule has 1 amide bonds. The summed E-state index contributed by atoms with van der Waals surface area (Å²) < 4.78 is 0. The van der Waals surface area contributed by atoms with Gasteiger partial charge in [0.2, 0.25) is 5.91 Å². The molecule has 1 atom stereocenters. The molecule has 16 heavy (non-hydrogen) atoms. The SMILES string of the molecule is CCCN1CC(C)(C)N(C)C(CC#N)C1=O. The first-order valence-electron chi connectivity index (χ1n) is 5.82. The molecule has 0 aromatic heterocycles. The smallest absolute Gasteiger partial charge is 0.241 e. The van der Waals surface area contributed by atoms with Crippen LogP contribution in [0.5, 0.6) is 0 Å². The molecule has 0 spiro atoms. The van der Waals surface area contributed by atoms with Gasteiger partial charge in [-0.05, 0) is 27.3 Å². The average Bonchev–Trinajstić information content (AvgIpc) is 2.21. The second kappa shape index (κ2) is 4.84. The average molecular weight is 223 g/mol. The molecule has 1 heterocycles. The van der Waals surface area contributed by atoms with Gasteiger partial charge in [-0.1, -0.05) is 6.92 Å². The van der Waals surface area contributed by atoms with E-state index in [0.717, 1.165) is 19.5 Å². The number of nitrogens with zero attached hydrogens (tertiary/aromatic N) is 3. The van der Waals surface area contributed by atoms with E-state index in [2.05, 4.69) is 26.8 Å². The summed E-state index contributed by atoms with van der Waals surface area (Å²) in [5.41, 5.74) is -0.0510. The molecule has 0 saturated carbocycles. The molecule has 0 radical (unpaired) electrons. The highest BCUT2D eigenvalue weighted by Gasteiger charge is 2.42. The maximum Gasteiger partial charge on any atom is 0.241 e. The first-order chi connectivity index (χ1) is 7.44. The number of likely N-dealkylation sites (N-methyl/N-ethyl adjacent to an activating group) is 1. The minimum Gasteiger partial charge on any atom is -0.339 e. The summed E-state index contributed by atoms with van der Waals surface area (Å²) in [6.45, 7) is 7.84. The lowest BCUT2D eigenvalue weighted by atomic mass is 9.94. The molecule has 0 bridgehead atoms. The Morgan fingerprint density at radius 1 is 1.56 bits per heavy atom. The molecule has 0 aliphatic carbocycles. The lowest BCUT2D eigenvalue weighted by molar-refractivity contribution is -0.147. The Morgan fingerprint density at radius 3 is 2.69 bits per heavy atom. The fourth-order valence-corrected chi connectivity index (χ4v) is 2.22. The Balaban J connectivity index is 2.89. The summed E-state index contributed by atoms with van der Waals surface area (Å²) >= 11 is 0. The summed E-state index contributed by atoms with van der Waals surface area (Å²) in [5.74, 6) is 0.102. The van der Waals surface area contributed by atoms with Gasteiger partial charge in [-0.15, -0.1) is 0 Å². The van der Waals surface area contributed by atoms with E-state index in [4.69, 9.17) is 5.26 Å². The fraction of sp³-hybridized carbons (Fsp3) is 0.833. The summed E-state index contributed by atoms with van der Waals surface area (Å²) in [5, 5.41) is 8.79. The highest BCUT2D eigenvalue weighted by molar-refractivity contribution is 5.83. The summed E-state index contributed by atoms with van der Waals surface area (Å²) in [6, 6.07) is 1.83. The second-order valence-electron chi connectivity index (χ2n) is 5.06. The van der Waals surface area contributed by atoms with Gasteiger partial charge in [-0.25, -0.2) is 0 Å². The van der Waals surface area contributed by atoms with Crippen LogP contribution in [0.25, 0.3) is 0 Å². The summed E-state index contributed by atoms with van der Waals surface area (Å²) in [4.78, 5) is 16.1. The van der Waals surface area contributed by atoms with Gasteiger partial charge in [0.05, 0.1) is 12.5 Å². The Kier molecular flexibility index (Phi) is 3.93. The topological polar surface area (TPSA) is 47.3 Å². The predicted molar refractivity (Wildman–Crippen MR) is 62.7 cm³/mol. The van der Waals surface area contributed by atoms with E-state index in [-0.39, 0.29) is 23.9 Å². The van der Waals surface area contributed by atoms with Gasteiger partial charge in [0.15, 0.2) is 0 Å². The van der Waals surface area contributed by atoms with E-state index < -0.39 is 0 Å². The molecule has 1 unspecified atom stereocenters. The minimum atomic E-state index is -0.278. The number of carbonyl (C=O) groups is 1. The Bertz CT molecular complexity index is 306. The first kappa shape index (κ1) is 13.0. The van der Waals surface area contributed by atoms with Crippen LogP contribution >= 0.6 is 0 Å². The lowest BCUT2D eigenvalue weighted by Crippen LogP contribution is -2.65. The van der Waals surface area contributed by atoms with Gasteiger partial charge < -0.3 is 4.90 Å². The van der Waals surface area contributed by atoms with Crippen molar-refractivity contribution < 1.29 is 4.79 Å². The molecule has 90 valence electrons. The van der Waals surface area contributed by atoms with Crippen LogP contribution in [0.1, 0.15) is 33.6 Å². The van der Waals surface area contributed by atoms with Crippen LogP contribution in [0, 0.1) is 11.3 Å². The number of nitriles is 1. The first-order valence-corrected chi connectivity index (χ1v) is 5.82. The summed E-state index contributed by atoms with van der Waals surface area (Å²) in [7, 11) is 1.93. The second-order valence-corrected chi connectivity index (χ2v) is 5.06. The van der Waals surface area contributed by atoms with Crippen molar-refractivity contribution in [1.29, 1.82) is 5.26 Å². The van der Waals surface area contributed by atoms with Crippen LogP contribution in [0.15, 0.2) is 0 Å². The molecule has 1 aliphatic rings. The maximum absolute atomic E-state index is 12.1. The van der Waals surface area contributed by atoms with Crippen LogP contribution in [0.4, 0.5) is 0 Å². The van der Waals surface area contributed by atoms with Gasteiger partial charge >= 0.3 is 0 Å². The summed E-state index contributed by atoms with van der Waals surface area (Å²) in [6.07, 6.45) is 1.24. The van der Waals surface area contributed by atoms with E-state index in [1.807, 2.05) is 16.8 Å². The van der Waals surface area contributed by atoms with E-state index in [1.165, 1.54) is 0 Å². The zero-order valence-corrected chi connectivity index (χ0v) is 10.7. The third-order valence-corrected chi connectivity index (χ3v) is 3.38. The van der Waals surface area contributed by atoms with Crippen LogP contribution < -0.4 is 0 Å². The van der Waals surface area contributed by atoms with Crippen molar-refractivity contribution in [2.45, 2.75) is 45.2 Å². The molecule has 1 saturated heterocycles. The number of hydrogen-bond donors (Lipinski definition) is 0. The number of carbonyl (C=O) groups excluding carboxylic acids is 1. The van der Waals surface area contributed by atoms with E-state index >= 15 is 0 Å². The van der Waals surface area contributed by atoms with Gasteiger partial charge in [0, 0.05) is 18.6 Å². The molecular formula is C12H21N3O. The van der Waals surface area contributed by atoms with E-state index in [0.29, 0.717) is 0 Å². The molecule has 1 rings (SSSR count). The number of hydrogen-bond acceptors (Lipinski definition) is 3. The van der Waals surface area contributed by atoms with Crippen LogP contribution in [-0.4, -0.2) is 47.4 Å². The number of piperazine rings is 1. The molecule has 4 nitrogen and oxygen atoms in total. The number of amides is 1. The normalized spacial score (nSPS) is 25.6. The third kappa shape index (κ3) is 2.35. The predicted octanol–water partition coefficient (Wildman–Crippen LogP) is 1.23. The highest BCUT2D eigenvalue weighted by atomic mass is 16.2. The zero-order chi connectivity index (χ0) is 12.3. The van der Waals surface area contributed by atoms with Crippen molar-refractivity contribution in [2.75, 3.05) is 20.1 Å². The van der Waals surface area contributed by atoms with Crippen molar-refractivity contribution in [3.8, 4) is 6.07 Å². The quantitative estimate of drug-likeness (QED) is 0.723. The standard InChI is InChI=1S/C12H21N3O/c1-5-8-15-9-12(2,3)14(4)10(6-7-13)11(15)16/h10H,5-6,8-9H2,1-4H3. The third-order valence-electron chi connectivity index (χ3n) is 3.38. The van der Waals surface area contributed by atoms with Gasteiger partial charge in [-0.2, -0.15) is 5.26 Å². The lowest BCUT2D eigenvalue weighted by Gasteiger charge is -2.49. The molecule has 0 aromatic rings. The Hall–Kier alpha value is -1.08. The molecule has 1 aliphatic heterocycles. The Morgan fingerprint density at radius 2 is 2.19 bits per heavy atom. The number of rotatable bonds is 3. The van der Waals surface area contributed by atoms with Crippen molar-refractivity contribution in [3.63, 3.8) is 0 Å². The molecule has 0 N–H and O–H groups in total. The van der Waals surface area contributed by atoms with Crippen molar-refractivity contribution in [1.82, 2.24) is 9.80 Å². The van der Waals surface area contributed by atoms with Gasteiger partial charge in [0.1, 0.15) is 6.04 Å². The molecular weight excluding hydrogens is 202 g/mol. The van der Waals surface area contributed by atoms with E-state index in [9.17, 15) is 4.79 Å². The monoisotopic (exact) mass is 223 g/mol. The molecule has 0 aromatic carbocycles. The van der Waals surface area contributed by atoms with E-state index in [1.54, 1.807) is 0 Å². The van der Waals surface area contributed by atoms with Crippen molar-refractivity contribution >= 4 is 5.91 Å². The highest BCUT2D eigenvalue weighted by Crippen LogP contribution is 2.25. The fourth-order valence-electron chi connectivity index (χ4n) is 2.22.